The van der Waals surface area contributed by atoms with Gasteiger partial charge in [-0.3, -0.25) is 4.72 Å². The Hall–Kier alpha value is -2.63. The molecule has 1 aromatic carbocycles. The van der Waals surface area contributed by atoms with Crippen molar-refractivity contribution in [2.24, 2.45) is 17.8 Å². The zero-order valence-corrected chi connectivity index (χ0v) is 25.6. The Morgan fingerprint density at radius 2 is 1.37 bits per heavy atom. The number of allylic oxidation sites excluding steroid dienone is 3. The first-order valence-electron chi connectivity index (χ1n) is 15.9. The zero-order valence-electron chi connectivity index (χ0n) is 24.8. The van der Waals surface area contributed by atoms with Crippen LogP contribution in [0.3, 0.4) is 0 Å². The SMILES string of the molecule is C[N+]1=C=CC(S(=O)(=O)Nc2ccc(C(=O)O)cc2)=CC(CC2CCCCCC(C3CCCCCCC3)CCCC2)=C1. The Morgan fingerprint density at radius 1 is 0.854 bits per heavy atom. The molecule has 2 unspecified atom stereocenters. The van der Waals surface area contributed by atoms with Crippen molar-refractivity contribution in [1.82, 2.24) is 0 Å². The van der Waals surface area contributed by atoms with Crippen LogP contribution in [0.2, 0.25) is 0 Å². The summed E-state index contributed by atoms with van der Waals surface area (Å²) in [5, 5.41) is 9.12. The minimum atomic E-state index is -3.86. The molecule has 224 valence electrons. The number of anilines is 1. The predicted molar refractivity (Wildman–Crippen MR) is 167 cm³/mol. The van der Waals surface area contributed by atoms with Crippen LogP contribution >= 0.6 is 0 Å². The normalized spacial score (nSPS) is 24.0. The maximum absolute atomic E-state index is 13.3. The van der Waals surface area contributed by atoms with E-state index in [1.807, 2.05) is 13.2 Å². The predicted octanol–water partition coefficient (Wildman–Crippen LogP) is 8.28. The number of nitrogens with one attached hydrogen (secondary N) is 1. The standard InChI is InChI=1S/C34H48N2O4S/c1-36-23-22-33(41(39,40)35-32-20-18-31(19-21-32)34(37)38)25-28(26-36)24-27-12-6-5-9-16-30(17-11-10-13-27)29-14-7-3-2-4-8-15-29/h18-22,25-27,29-30,35H,2-17,24H2,1H3/p+1. The number of rotatable bonds is 7. The molecule has 6 nitrogen and oxygen atoms in total. The van der Waals surface area contributed by atoms with Gasteiger partial charge < -0.3 is 5.11 Å². The van der Waals surface area contributed by atoms with Gasteiger partial charge in [-0.2, -0.15) is 4.58 Å². The van der Waals surface area contributed by atoms with Crippen LogP contribution in [0.15, 0.2) is 53.1 Å². The Kier molecular flexibility index (Phi) is 11.9. The fraction of sp³-hybridized carbons (Fsp3) is 0.618. The van der Waals surface area contributed by atoms with Gasteiger partial charge in [-0.1, -0.05) is 103 Å². The van der Waals surface area contributed by atoms with Crippen molar-refractivity contribution >= 4 is 27.5 Å². The second-order valence-electron chi connectivity index (χ2n) is 12.5. The number of sulfonamides is 1. The third-order valence-electron chi connectivity index (χ3n) is 9.26. The number of carbonyl (C=O) groups is 1. The summed E-state index contributed by atoms with van der Waals surface area (Å²) < 4.78 is 31.0. The highest BCUT2D eigenvalue weighted by Gasteiger charge is 2.24. The third-order valence-corrected chi connectivity index (χ3v) is 10.6. The molecule has 4 rings (SSSR count). The Balaban J connectivity index is 1.39. The lowest BCUT2D eigenvalue weighted by Gasteiger charge is -2.29. The molecule has 1 aromatic rings. The number of carboxylic acid groups (broad SMARTS) is 1. The van der Waals surface area contributed by atoms with Crippen molar-refractivity contribution in [3.05, 3.63) is 58.7 Å². The average molecular weight is 582 g/mol. The third kappa shape index (κ3) is 10.0. The van der Waals surface area contributed by atoms with E-state index < -0.39 is 16.0 Å². The fourth-order valence-electron chi connectivity index (χ4n) is 6.99. The molecule has 0 spiro atoms. The maximum atomic E-state index is 13.3. The fourth-order valence-corrected chi connectivity index (χ4v) is 8.07. The van der Waals surface area contributed by atoms with Crippen LogP contribution in [0.4, 0.5) is 5.69 Å². The van der Waals surface area contributed by atoms with Crippen LogP contribution in [0, 0.1) is 17.8 Å². The first-order chi connectivity index (χ1) is 19.8. The molecule has 2 atom stereocenters. The zero-order chi connectivity index (χ0) is 29.1. The lowest BCUT2D eigenvalue weighted by atomic mass is 9.77. The van der Waals surface area contributed by atoms with E-state index in [1.54, 1.807) is 10.7 Å². The molecular formula is C34H49N2O4S+. The molecule has 0 radical (unpaired) electrons. The summed E-state index contributed by atoms with van der Waals surface area (Å²) in [6.45, 7) is 0. The van der Waals surface area contributed by atoms with E-state index in [-0.39, 0.29) is 10.5 Å². The van der Waals surface area contributed by atoms with Gasteiger partial charge in [0.05, 0.1) is 11.6 Å². The summed E-state index contributed by atoms with van der Waals surface area (Å²) in [5.41, 5.74) is 1.44. The highest BCUT2D eigenvalue weighted by atomic mass is 32.2. The Morgan fingerprint density at radius 3 is 1.98 bits per heavy atom. The minimum Gasteiger partial charge on any atom is -0.478 e. The molecule has 1 heterocycles. The van der Waals surface area contributed by atoms with Gasteiger partial charge in [0.2, 0.25) is 0 Å². The van der Waals surface area contributed by atoms with Crippen molar-refractivity contribution in [1.29, 1.82) is 0 Å². The lowest BCUT2D eigenvalue weighted by Crippen LogP contribution is -2.16. The molecule has 1 aliphatic heterocycles. The summed E-state index contributed by atoms with van der Waals surface area (Å²) in [6, 6.07) is 5.73. The van der Waals surface area contributed by atoms with Gasteiger partial charge >= 0.3 is 5.97 Å². The van der Waals surface area contributed by atoms with Gasteiger partial charge in [0, 0.05) is 11.3 Å². The molecule has 41 heavy (non-hydrogen) atoms. The number of carboxylic acids is 1. The van der Waals surface area contributed by atoms with E-state index in [4.69, 9.17) is 5.11 Å². The Bertz CT molecular complexity index is 1250. The quantitative estimate of drug-likeness (QED) is 0.317. The molecule has 0 amide bonds. The number of nitrogens with zero attached hydrogens (tertiary/aromatic N) is 1. The van der Waals surface area contributed by atoms with Crippen molar-refractivity contribution in [2.45, 2.75) is 109 Å². The van der Waals surface area contributed by atoms with E-state index >= 15 is 0 Å². The molecular weight excluding hydrogens is 532 g/mol. The van der Waals surface area contributed by atoms with Crippen LogP contribution in [0.25, 0.3) is 0 Å². The van der Waals surface area contributed by atoms with Gasteiger partial charge in [-0.25, -0.2) is 13.2 Å². The van der Waals surface area contributed by atoms with Crippen molar-refractivity contribution in [3.63, 3.8) is 0 Å². The first-order valence-corrected chi connectivity index (χ1v) is 17.4. The van der Waals surface area contributed by atoms with Crippen molar-refractivity contribution in [2.75, 3.05) is 11.8 Å². The largest absolute Gasteiger partial charge is 0.478 e. The van der Waals surface area contributed by atoms with Crippen molar-refractivity contribution in [3.8, 4) is 0 Å². The molecule has 3 aliphatic rings. The molecule has 0 aromatic heterocycles. The summed E-state index contributed by atoms with van der Waals surface area (Å²) in [7, 11) is -1.98. The van der Waals surface area contributed by atoms with Crippen molar-refractivity contribution < 1.29 is 22.9 Å². The van der Waals surface area contributed by atoms with Crippen LogP contribution in [-0.4, -0.2) is 37.0 Å². The average Bonchev–Trinajstić information content (AvgIpc) is 3.13. The van der Waals surface area contributed by atoms with E-state index in [0.717, 1.165) is 23.8 Å². The van der Waals surface area contributed by atoms with E-state index in [1.165, 1.54) is 133 Å². The van der Waals surface area contributed by atoms with E-state index in [9.17, 15) is 13.2 Å². The van der Waals surface area contributed by atoms with Gasteiger partial charge in [0.25, 0.3) is 10.0 Å². The van der Waals surface area contributed by atoms with Gasteiger partial charge in [-0.05, 0) is 54.5 Å². The summed E-state index contributed by atoms with van der Waals surface area (Å²) in [6.07, 6.45) is 27.8. The van der Waals surface area contributed by atoms with E-state index in [2.05, 4.69) is 10.6 Å². The van der Waals surface area contributed by atoms with Crippen LogP contribution in [-0.2, 0) is 10.0 Å². The minimum absolute atomic E-state index is 0.110. The monoisotopic (exact) mass is 581 g/mol. The summed E-state index contributed by atoms with van der Waals surface area (Å²) >= 11 is 0. The first kappa shape index (κ1) is 31.3. The molecule has 2 fully saturated rings. The molecule has 2 N–H and O–H groups in total. The van der Waals surface area contributed by atoms with Crippen LogP contribution in [0.1, 0.15) is 120 Å². The van der Waals surface area contributed by atoms with Crippen LogP contribution in [0.5, 0.6) is 0 Å². The van der Waals surface area contributed by atoms with E-state index in [0.29, 0.717) is 11.6 Å². The number of hydrogen-bond donors (Lipinski definition) is 2. The van der Waals surface area contributed by atoms with Gasteiger partial charge in [0.1, 0.15) is 12.0 Å². The highest BCUT2D eigenvalue weighted by Crippen LogP contribution is 2.36. The Labute approximate surface area is 247 Å². The highest BCUT2D eigenvalue weighted by molar-refractivity contribution is 7.96. The number of benzene rings is 1. The second kappa shape index (κ2) is 15.6. The second-order valence-corrected chi connectivity index (χ2v) is 14.2. The molecule has 2 saturated carbocycles. The molecule has 2 aliphatic carbocycles. The lowest BCUT2D eigenvalue weighted by molar-refractivity contribution is -0.414. The summed E-state index contributed by atoms with van der Waals surface area (Å²) in [4.78, 5) is 11.3. The molecule has 0 saturated heterocycles. The van der Waals surface area contributed by atoms with Gasteiger partial charge in [0.15, 0.2) is 12.1 Å². The molecule has 7 heteroatoms. The smallest absolute Gasteiger partial charge is 0.335 e. The maximum Gasteiger partial charge on any atom is 0.335 e. The van der Waals surface area contributed by atoms with Gasteiger partial charge in [-0.15, -0.1) is 0 Å². The van der Waals surface area contributed by atoms with Crippen LogP contribution < -0.4 is 4.72 Å². The topological polar surface area (TPSA) is 86.5 Å². The number of aromatic carboxylic acids is 1. The summed E-state index contributed by atoms with van der Waals surface area (Å²) in [5.74, 6) is 4.38. The molecule has 0 bridgehead atoms. The number of hydrogen-bond acceptors (Lipinski definition) is 3.